The SMILES string of the molecule is Cc1oc(C)c(C(CCC(C)C)NN)c1C. The van der Waals surface area contributed by atoms with E-state index in [1.54, 1.807) is 0 Å². The number of hydrogen-bond donors (Lipinski definition) is 2. The molecular weight excluding hydrogens is 200 g/mol. The standard InChI is InChI=1S/C13H24N2O/c1-8(2)6-7-12(15-14)13-9(3)10(4)16-11(13)5/h8,12,15H,6-7,14H2,1-5H3. The number of aryl methyl sites for hydroxylation is 2. The molecule has 3 N–H and O–H groups in total. The molecule has 0 saturated heterocycles. The van der Waals surface area contributed by atoms with E-state index in [0.717, 1.165) is 24.4 Å². The lowest BCUT2D eigenvalue weighted by Crippen LogP contribution is -2.29. The quantitative estimate of drug-likeness (QED) is 0.596. The third-order valence-corrected chi connectivity index (χ3v) is 3.20. The fourth-order valence-corrected chi connectivity index (χ4v) is 2.13. The lowest BCUT2D eigenvalue weighted by Gasteiger charge is -2.17. The van der Waals surface area contributed by atoms with Crippen LogP contribution in [-0.4, -0.2) is 0 Å². The van der Waals surface area contributed by atoms with Crippen LogP contribution in [0.15, 0.2) is 4.42 Å². The van der Waals surface area contributed by atoms with Gasteiger partial charge in [-0.1, -0.05) is 13.8 Å². The van der Waals surface area contributed by atoms with Gasteiger partial charge in [0.15, 0.2) is 0 Å². The predicted molar refractivity (Wildman–Crippen MR) is 67.1 cm³/mol. The van der Waals surface area contributed by atoms with E-state index >= 15 is 0 Å². The first kappa shape index (κ1) is 13.3. The summed E-state index contributed by atoms with van der Waals surface area (Å²) in [5.74, 6) is 8.33. The molecule has 1 atom stereocenters. The summed E-state index contributed by atoms with van der Waals surface area (Å²) in [5, 5.41) is 0. The zero-order valence-electron chi connectivity index (χ0n) is 11.1. The van der Waals surface area contributed by atoms with E-state index in [1.807, 2.05) is 13.8 Å². The van der Waals surface area contributed by atoms with Crippen LogP contribution in [0.3, 0.4) is 0 Å². The van der Waals surface area contributed by atoms with Crippen LogP contribution in [0.2, 0.25) is 0 Å². The molecule has 0 fully saturated rings. The Bertz CT molecular complexity index is 342. The van der Waals surface area contributed by atoms with Crippen molar-refractivity contribution in [3.63, 3.8) is 0 Å². The van der Waals surface area contributed by atoms with E-state index in [0.29, 0.717) is 5.92 Å². The second kappa shape index (κ2) is 5.51. The third-order valence-electron chi connectivity index (χ3n) is 3.20. The van der Waals surface area contributed by atoms with Crippen LogP contribution < -0.4 is 11.3 Å². The minimum absolute atomic E-state index is 0.208. The van der Waals surface area contributed by atoms with Gasteiger partial charge in [-0.25, -0.2) is 0 Å². The molecule has 0 radical (unpaired) electrons. The van der Waals surface area contributed by atoms with Gasteiger partial charge < -0.3 is 4.42 Å². The second-order valence-corrected chi connectivity index (χ2v) is 4.94. The van der Waals surface area contributed by atoms with Crippen LogP contribution >= 0.6 is 0 Å². The maximum Gasteiger partial charge on any atom is 0.106 e. The van der Waals surface area contributed by atoms with Crippen molar-refractivity contribution in [3.8, 4) is 0 Å². The highest BCUT2D eigenvalue weighted by Gasteiger charge is 2.19. The highest BCUT2D eigenvalue weighted by atomic mass is 16.3. The average molecular weight is 224 g/mol. The summed E-state index contributed by atoms with van der Waals surface area (Å²) in [7, 11) is 0. The van der Waals surface area contributed by atoms with Crippen LogP contribution in [0, 0.1) is 26.7 Å². The third kappa shape index (κ3) is 2.86. The second-order valence-electron chi connectivity index (χ2n) is 4.94. The minimum atomic E-state index is 0.208. The van der Waals surface area contributed by atoms with Crippen LogP contribution in [-0.2, 0) is 0 Å². The first-order valence-corrected chi connectivity index (χ1v) is 6.00. The molecule has 16 heavy (non-hydrogen) atoms. The van der Waals surface area contributed by atoms with Gasteiger partial charge in [0.1, 0.15) is 11.5 Å². The highest BCUT2D eigenvalue weighted by Crippen LogP contribution is 2.30. The van der Waals surface area contributed by atoms with Gasteiger partial charge in [0, 0.05) is 11.6 Å². The van der Waals surface area contributed by atoms with E-state index in [9.17, 15) is 0 Å². The number of nitrogens with two attached hydrogens (primary N) is 1. The summed E-state index contributed by atoms with van der Waals surface area (Å²) in [6.07, 6.45) is 2.22. The van der Waals surface area contributed by atoms with Gasteiger partial charge in [-0.15, -0.1) is 0 Å². The van der Waals surface area contributed by atoms with Crippen molar-refractivity contribution in [1.82, 2.24) is 5.43 Å². The summed E-state index contributed by atoms with van der Waals surface area (Å²) in [5.41, 5.74) is 5.37. The molecule has 1 heterocycles. The van der Waals surface area contributed by atoms with Gasteiger partial charge in [-0.05, 0) is 45.1 Å². The Labute approximate surface area is 98.4 Å². The van der Waals surface area contributed by atoms with E-state index in [1.165, 1.54) is 11.1 Å². The molecule has 1 unspecified atom stereocenters. The van der Waals surface area contributed by atoms with Gasteiger partial charge in [-0.3, -0.25) is 11.3 Å². The highest BCUT2D eigenvalue weighted by molar-refractivity contribution is 5.34. The molecule has 3 nitrogen and oxygen atoms in total. The van der Waals surface area contributed by atoms with Crippen LogP contribution in [0.25, 0.3) is 0 Å². The molecule has 1 aromatic heterocycles. The zero-order chi connectivity index (χ0) is 12.3. The van der Waals surface area contributed by atoms with Crippen LogP contribution in [0.1, 0.15) is 55.4 Å². The number of nitrogens with one attached hydrogen (secondary N) is 1. The lowest BCUT2D eigenvalue weighted by molar-refractivity contribution is 0.436. The van der Waals surface area contributed by atoms with E-state index in [2.05, 4.69) is 26.2 Å². The van der Waals surface area contributed by atoms with E-state index in [-0.39, 0.29) is 6.04 Å². The van der Waals surface area contributed by atoms with Gasteiger partial charge in [0.05, 0.1) is 0 Å². The summed E-state index contributed by atoms with van der Waals surface area (Å²) >= 11 is 0. The molecule has 0 aliphatic rings. The topological polar surface area (TPSA) is 51.2 Å². The van der Waals surface area contributed by atoms with Crippen molar-refractivity contribution in [2.75, 3.05) is 0 Å². The van der Waals surface area contributed by atoms with Crippen molar-refractivity contribution in [1.29, 1.82) is 0 Å². The Morgan fingerprint density at radius 3 is 2.12 bits per heavy atom. The molecular formula is C13H24N2O. The van der Waals surface area contributed by atoms with Crippen molar-refractivity contribution in [2.45, 2.75) is 53.5 Å². The molecule has 0 spiro atoms. The van der Waals surface area contributed by atoms with E-state index in [4.69, 9.17) is 10.3 Å². The number of hydrogen-bond acceptors (Lipinski definition) is 3. The van der Waals surface area contributed by atoms with Crippen molar-refractivity contribution < 1.29 is 4.42 Å². The maximum absolute atomic E-state index is 5.65. The fraction of sp³-hybridized carbons (Fsp3) is 0.692. The summed E-state index contributed by atoms with van der Waals surface area (Å²) < 4.78 is 5.64. The fourth-order valence-electron chi connectivity index (χ4n) is 2.13. The Kier molecular flexibility index (Phi) is 4.56. The first-order valence-electron chi connectivity index (χ1n) is 6.00. The lowest BCUT2D eigenvalue weighted by atomic mass is 9.95. The van der Waals surface area contributed by atoms with Crippen molar-refractivity contribution in [3.05, 3.63) is 22.6 Å². The van der Waals surface area contributed by atoms with Gasteiger partial charge in [0.2, 0.25) is 0 Å². The predicted octanol–water partition coefficient (Wildman–Crippen LogP) is 3.15. The largest absolute Gasteiger partial charge is 0.466 e. The van der Waals surface area contributed by atoms with Crippen LogP contribution in [0.4, 0.5) is 0 Å². The minimum Gasteiger partial charge on any atom is -0.466 e. The monoisotopic (exact) mass is 224 g/mol. The molecule has 0 aliphatic carbocycles. The zero-order valence-corrected chi connectivity index (χ0v) is 11.1. The Balaban J connectivity index is 2.86. The van der Waals surface area contributed by atoms with Gasteiger partial charge in [0.25, 0.3) is 0 Å². The van der Waals surface area contributed by atoms with Crippen molar-refractivity contribution in [2.24, 2.45) is 11.8 Å². The Morgan fingerprint density at radius 1 is 1.12 bits per heavy atom. The summed E-state index contributed by atoms with van der Waals surface area (Å²) in [4.78, 5) is 0. The van der Waals surface area contributed by atoms with Gasteiger partial charge in [-0.2, -0.15) is 0 Å². The Morgan fingerprint density at radius 2 is 1.75 bits per heavy atom. The maximum atomic E-state index is 5.65. The molecule has 0 aliphatic heterocycles. The van der Waals surface area contributed by atoms with Gasteiger partial charge >= 0.3 is 0 Å². The molecule has 0 saturated carbocycles. The molecule has 1 rings (SSSR count). The molecule has 1 aromatic rings. The number of hydrazine groups is 1. The first-order chi connectivity index (χ1) is 7.47. The number of furan rings is 1. The molecule has 0 bridgehead atoms. The molecule has 0 aromatic carbocycles. The normalized spacial score (nSPS) is 13.4. The summed E-state index contributed by atoms with van der Waals surface area (Å²) in [6.45, 7) is 10.6. The molecule has 92 valence electrons. The smallest absolute Gasteiger partial charge is 0.106 e. The Hall–Kier alpha value is -0.800. The van der Waals surface area contributed by atoms with Crippen LogP contribution in [0.5, 0.6) is 0 Å². The average Bonchev–Trinajstić information content (AvgIpc) is 2.45. The number of rotatable bonds is 5. The molecule has 3 heteroatoms. The summed E-state index contributed by atoms with van der Waals surface area (Å²) in [6, 6.07) is 0.208. The molecule has 0 amide bonds. The van der Waals surface area contributed by atoms with Crippen molar-refractivity contribution >= 4 is 0 Å². The van der Waals surface area contributed by atoms with E-state index < -0.39 is 0 Å².